The molecule has 25 heavy (non-hydrogen) atoms. The molecule has 134 valence electrons. The smallest absolute Gasteiger partial charge is 0.260 e. The summed E-state index contributed by atoms with van der Waals surface area (Å²) >= 11 is 0. The van der Waals surface area contributed by atoms with Crippen molar-refractivity contribution in [3.05, 3.63) is 29.7 Å². The fraction of sp³-hybridized carbons (Fsp3) is 0.529. The third kappa shape index (κ3) is 3.34. The van der Waals surface area contributed by atoms with Crippen LogP contribution < -0.4 is 5.32 Å². The summed E-state index contributed by atoms with van der Waals surface area (Å²) in [6.07, 6.45) is 5.23. The first-order chi connectivity index (χ1) is 12.0. The minimum Gasteiger partial charge on any atom is -0.353 e. The van der Waals surface area contributed by atoms with Crippen molar-refractivity contribution in [3.8, 4) is 0 Å². The van der Waals surface area contributed by atoms with Gasteiger partial charge in [0.15, 0.2) is 5.65 Å². The van der Waals surface area contributed by atoms with Gasteiger partial charge in [-0.3, -0.25) is 14.5 Å². The van der Waals surface area contributed by atoms with Crippen molar-refractivity contribution in [2.45, 2.75) is 33.4 Å². The second-order valence-corrected chi connectivity index (χ2v) is 6.22. The average molecular weight is 344 g/mol. The predicted octanol–water partition coefficient (Wildman–Crippen LogP) is 0.532. The van der Waals surface area contributed by atoms with Crippen molar-refractivity contribution < 1.29 is 9.59 Å². The van der Waals surface area contributed by atoms with Crippen LogP contribution in [0.25, 0.3) is 5.65 Å². The molecular formula is C17H24N6O2. The number of nitrogens with one attached hydrogen (secondary N) is 1. The number of hydrogen-bond donors (Lipinski definition) is 1. The lowest BCUT2D eigenvalue weighted by atomic mass is 10.1. The van der Waals surface area contributed by atoms with Gasteiger partial charge in [-0.1, -0.05) is 13.8 Å². The first-order valence-corrected chi connectivity index (χ1v) is 8.68. The molecule has 0 aromatic carbocycles. The van der Waals surface area contributed by atoms with Crippen LogP contribution in [0.1, 0.15) is 36.7 Å². The number of rotatable bonds is 5. The number of amides is 2. The molecule has 2 aromatic rings. The molecule has 1 unspecified atom stereocenters. The molecule has 3 rings (SSSR count). The zero-order chi connectivity index (χ0) is 18.0. The number of aromatic nitrogens is 3. The number of hydrogen-bond acceptors (Lipinski definition) is 5. The Balaban J connectivity index is 1.85. The number of carbonyl (C=O) groups excluding carboxylic acids is 2. The Morgan fingerprint density at radius 2 is 2.12 bits per heavy atom. The summed E-state index contributed by atoms with van der Waals surface area (Å²) in [5, 5.41) is 7.05. The Labute approximate surface area is 146 Å². The minimum atomic E-state index is -0.488. The Morgan fingerprint density at radius 1 is 1.36 bits per heavy atom. The highest BCUT2D eigenvalue weighted by Crippen LogP contribution is 2.15. The highest BCUT2D eigenvalue weighted by molar-refractivity contribution is 6.02. The maximum atomic E-state index is 12.8. The van der Waals surface area contributed by atoms with Gasteiger partial charge in [0.1, 0.15) is 11.6 Å². The van der Waals surface area contributed by atoms with Crippen LogP contribution in [-0.4, -0.2) is 68.4 Å². The van der Waals surface area contributed by atoms with E-state index in [1.807, 2.05) is 6.20 Å². The highest BCUT2D eigenvalue weighted by atomic mass is 16.2. The van der Waals surface area contributed by atoms with Crippen LogP contribution in [0.15, 0.2) is 18.6 Å². The molecule has 1 aliphatic heterocycles. The molecular weight excluding hydrogens is 320 g/mol. The fourth-order valence-corrected chi connectivity index (χ4v) is 3.07. The highest BCUT2D eigenvalue weighted by Gasteiger charge is 2.31. The van der Waals surface area contributed by atoms with Crippen molar-refractivity contribution >= 4 is 17.5 Å². The molecule has 0 radical (unpaired) electrons. The van der Waals surface area contributed by atoms with Gasteiger partial charge in [-0.2, -0.15) is 5.10 Å². The summed E-state index contributed by atoms with van der Waals surface area (Å²) < 4.78 is 1.64. The summed E-state index contributed by atoms with van der Waals surface area (Å²) in [5.41, 5.74) is 1.99. The topological polar surface area (TPSA) is 82.8 Å². The SMILES string of the molecule is CCN(CC)Cc1cnc2c(C(=O)N3CCNC(=O)C3C)cnn2c1. The summed E-state index contributed by atoms with van der Waals surface area (Å²) in [6.45, 7) is 9.65. The Kier molecular flexibility index (Phi) is 4.98. The van der Waals surface area contributed by atoms with Crippen LogP contribution in [0.4, 0.5) is 0 Å². The molecule has 1 saturated heterocycles. The molecule has 8 nitrogen and oxygen atoms in total. The number of nitrogens with zero attached hydrogens (tertiary/aromatic N) is 5. The zero-order valence-electron chi connectivity index (χ0n) is 14.9. The number of carbonyl (C=O) groups is 2. The van der Waals surface area contributed by atoms with Gasteiger partial charge in [-0.25, -0.2) is 9.50 Å². The van der Waals surface area contributed by atoms with Crippen LogP contribution in [0.5, 0.6) is 0 Å². The normalized spacial score (nSPS) is 18.0. The average Bonchev–Trinajstić information content (AvgIpc) is 3.04. The molecule has 0 saturated carbocycles. The molecule has 8 heteroatoms. The molecule has 1 fully saturated rings. The fourth-order valence-electron chi connectivity index (χ4n) is 3.07. The Bertz CT molecular complexity index is 783. The molecule has 1 atom stereocenters. The molecule has 0 aliphatic carbocycles. The lowest BCUT2D eigenvalue weighted by Gasteiger charge is -2.32. The predicted molar refractivity (Wildman–Crippen MR) is 93.1 cm³/mol. The maximum absolute atomic E-state index is 12.8. The van der Waals surface area contributed by atoms with Gasteiger partial charge in [-0.15, -0.1) is 0 Å². The second-order valence-electron chi connectivity index (χ2n) is 6.22. The lowest BCUT2D eigenvalue weighted by molar-refractivity contribution is -0.127. The van der Waals surface area contributed by atoms with Crippen molar-refractivity contribution in [2.75, 3.05) is 26.2 Å². The van der Waals surface area contributed by atoms with E-state index < -0.39 is 6.04 Å². The van der Waals surface area contributed by atoms with E-state index in [2.05, 4.69) is 34.1 Å². The van der Waals surface area contributed by atoms with Gasteiger partial charge in [0.25, 0.3) is 5.91 Å². The van der Waals surface area contributed by atoms with Crippen molar-refractivity contribution in [1.29, 1.82) is 0 Å². The standard InChI is InChI=1S/C17H24N6O2/c1-4-21(5-2)10-13-8-19-15-14(9-20-23(15)11-13)17(25)22-7-6-18-16(24)12(22)3/h8-9,11-12H,4-7,10H2,1-3H3,(H,18,24). The quantitative estimate of drug-likeness (QED) is 0.856. The van der Waals surface area contributed by atoms with Gasteiger partial charge in [0.05, 0.1) is 6.20 Å². The van der Waals surface area contributed by atoms with Crippen LogP contribution in [0.3, 0.4) is 0 Å². The zero-order valence-corrected chi connectivity index (χ0v) is 14.9. The maximum Gasteiger partial charge on any atom is 0.260 e. The van der Waals surface area contributed by atoms with Crippen LogP contribution in [-0.2, 0) is 11.3 Å². The van der Waals surface area contributed by atoms with Gasteiger partial charge < -0.3 is 10.2 Å². The lowest BCUT2D eigenvalue weighted by Crippen LogP contribution is -2.55. The Hall–Kier alpha value is -2.48. The van der Waals surface area contributed by atoms with E-state index in [4.69, 9.17) is 0 Å². The summed E-state index contributed by atoms with van der Waals surface area (Å²) in [6, 6.07) is -0.488. The van der Waals surface area contributed by atoms with Crippen molar-refractivity contribution in [2.24, 2.45) is 0 Å². The van der Waals surface area contributed by atoms with Crippen LogP contribution in [0, 0.1) is 0 Å². The molecule has 0 bridgehead atoms. The van der Waals surface area contributed by atoms with E-state index in [1.165, 1.54) is 6.20 Å². The van der Waals surface area contributed by atoms with Crippen LogP contribution >= 0.6 is 0 Å². The van der Waals surface area contributed by atoms with E-state index in [0.717, 1.165) is 25.2 Å². The van der Waals surface area contributed by atoms with E-state index in [-0.39, 0.29) is 11.8 Å². The van der Waals surface area contributed by atoms with Gasteiger partial charge in [0, 0.05) is 37.6 Å². The number of piperazine rings is 1. The van der Waals surface area contributed by atoms with Gasteiger partial charge in [0.2, 0.25) is 5.91 Å². The molecule has 1 N–H and O–H groups in total. The molecule has 1 aliphatic rings. The molecule has 0 spiro atoms. The summed E-state index contributed by atoms with van der Waals surface area (Å²) in [7, 11) is 0. The van der Waals surface area contributed by atoms with Crippen molar-refractivity contribution in [1.82, 2.24) is 29.7 Å². The van der Waals surface area contributed by atoms with Crippen LogP contribution in [0.2, 0.25) is 0 Å². The molecule has 3 heterocycles. The van der Waals surface area contributed by atoms with E-state index in [0.29, 0.717) is 24.3 Å². The van der Waals surface area contributed by atoms with Gasteiger partial charge >= 0.3 is 0 Å². The largest absolute Gasteiger partial charge is 0.353 e. The third-order valence-corrected chi connectivity index (χ3v) is 4.70. The van der Waals surface area contributed by atoms with E-state index >= 15 is 0 Å². The Morgan fingerprint density at radius 3 is 2.84 bits per heavy atom. The first-order valence-electron chi connectivity index (χ1n) is 8.68. The van der Waals surface area contributed by atoms with Gasteiger partial charge in [-0.05, 0) is 20.0 Å². The number of fused-ring (bicyclic) bond motifs is 1. The molecule has 2 amide bonds. The monoisotopic (exact) mass is 344 g/mol. The third-order valence-electron chi connectivity index (χ3n) is 4.70. The summed E-state index contributed by atoms with van der Waals surface area (Å²) in [5.74, 6) is -0.341. The van der Waals surface area contributed by atoms with Crippen molar-refractivity contribution in [3.63, 3.8) is 0 Å². The van der Waals surface area contributed by atoms with E-state index in [1.54, 1.807) is 22.5 Å². The summed E-state index contributed by atoms with van der Waals surface area (Å²) in [4.78, 5) is 32.9. The molecule has 2 aromatic heterocycles. The van der Waals surface area contributed by atoms with E-state index in [9.17, 15) is 9.59 Å². The second kappa shape index (κ2) is 7.18. The minimum absolute atomic E-state index is 0.134. The first kappa shape index (κ1) is 17.3.